The molecule has 2 aromatic rings. The van der Waals surface area contributed by atoms with Crippen LogP contribution in [-0.4, -0.2) is 72.2 Å². The highest BCUT2D eigenvalue weighted by Crippen LogP contribution is 2.27. The third-order valence-corrected chi connectivity index (χ3v) is 8.69. The van der Waals surface area contributed by atoms with Gasteiger partial charge in [0.1, 0.15) is 5.71 Å². The normalized spacial score (nSPS) is 19.8. The van der Waals surface area contributed by atoms with E-state index < -0.39 is 6.43 Å². The predicted octanol–water partition coefficient (Wildman–Crippen LogP) is 6.11. The number of nitrogens with zero attached hydrogens (tertiary/aromatic N) is 5. The van der Waals surface area contributed by atoms with Crippen molar-refractivity contribution in [2.45, 2.75) is 57.5 Å². The zero-order valence-corrected chi connectivity index (χ0v) is 22.3. The van der Waals surface area contributed by atoms with Gasteiger partial charge >= 0.3 is 0 Å². The Morgan fingerprint density at radius 3 is 2.30 bits per heavy atom. The van der Waals surface area contributed by atoms with Crippen molar-refractivity contribution in [3.05, 3.63) is 65.7 Å². The van der Waals surface area contributed by atoms with Crippen LogP contribution in [0.4, 0.5) is 14.5 Å². The van der Waals surface area contributed by atoms with Gasteiger partial charge in [0.25, 0.3) is 6.43 Å². The van der Waals surface area contributed by atoms with Gasteiger partial charge in [-0.3, -0.25) is 0 Å². The van der Waals surface area contributed by atoms with Crippen LogP contribution in [0.2, 0.25) is 0 Å². The summed E-state index contributed by atoms with van der Waals surface area (Å²) < 4.78 is 28.2. The largest absolute Gasteiger partial charge is 0.312 e. The monoisotopic (exact) mass is 525 g/mol. The fourth-order valence-corrected chi connectivity index (χ4v) is 6.56. The van der Waals surface area contributed by atoms with Crippen molar-refractivity contribution < 1.29 is 8.78 Å². The molecule has 2 aromatic carbocycles. The molecule has 0 atom stereocenters. The van der Waals surface area contributed by atoms with Crippen LogP contribution in [-0.2, 0) is 6.54 Å². The quantitative estimate of drug-likeness (QED) is 0.351. The molecule has 0 aliphatic carbocycles. The van der Waals surface area contributed by atoms with Crippen molar-refractivity contribution in [1.82, 2.24) is 9.80 Å². The molecule has 8 heteroatoms. The fraction of sp³-hybridized carbons (Fsp3) is 0.517. The minimum Gasteiger partial charge on any atom is -0.312 e. The average molecular weight is 526 g/mol. The highest BCUT2D eigenvalue weighted by Gasteiger charge is 2.25. The molecule has 0 unspecified atom stereocenters. The number of hydrogen-bond acceptors (Lipinski definition) is 6. The molecule has 5 nitrogen and oxygen atoms in total. The van der Waals surface area contributed by atoms with Crippen LogP contribution < -0.4 is 4.31 Å². The summed E-state index contributed by atoms with van der Waals surface area (Å²) in [6.45, 7) is 6.88. The second-order valence-corrected chi connectivity index (χ2v) is 11.3. The second kappa shape index (κ2) is 13.0. The van der Waals surface area contributed by atoms with E-state index in [1.807, 2.05) is 30.1 Å². The second-order valence-electron chi connectivity index (χ2n) is 10.2. The molecule has 3 heterocycles. The average Bonchev–Trinajstić information content (AvgIpc) is 3.45. The molecule has 37 heavy (non-hydrogen) atoms. The van der Waals surface area contributed by atoms with Gasteiger partial charge in [0.2, 0.25) is 0 Å². The lowest BCUT2D eigenvalue weighted by Crippen LogP contribution is -2.47. The summed E-state index contributed by atoms with van der Waals surface area (Å²) in [5, 5.41) is 7.61. The van der Waals surface area contributed by atoms with Gasteiger partial charge in [-0.25, -0.2) is 8.78 Å². The van der Waals surface area contributed by atoms with Crippen molar-refractivity contribution in [1.29, 1.82) is 0 Å². The number of likely N-dealkylation sites (tertiary alicyclic amines) is 2. The third kappa shape index (κ3) is 7.18. The van der Waals surface area contributed by atoms with Crippen LogP contribution in [0.5, 0.6) is 0 Å². The number of benzene rings is 2. The zero-order valence-electron chi connectivity index (χ0n) is 21.4. The first kappa shape index (κ1) is 26.3. The summed E-state index contributed by atoms with van der Waals surface area (Å²) in [4.78, 5) is 5.37. The lowest BCUT2D eigenvalue weighted by molar-refractivity contribution is 0.0954. The zero-order chi connectivity index (χ0) is 25.5. The smallest absolute Gasteiger partial charge is 0.278 e. The van der Waals surface area contributed by atoms with Crippen LogP contribution in [0.3, 0.4) is 0 Å². The van der Waals surface area contributed by atoms with E-state index in [1.165, 1.54) is 69.5 Å². The Hall–Kier alpha value is -2.29. The standard InChI is InChI=1S/C29H37F2N5S/c30-29(31)28-21-27(32-33-28)24-11-9-23(10-12-24)22-36(26-7-3-1-4-8-26)37-20-19-34-17-13-25(14-18-34)35-15-5-2-6-16-35/h1,3-4,7-12,25,29H,2,5-6,13-22H2. The van der Waals surface area contributed by atoms with Gasteiger partial charge in [0.05, 0.1) is 12.3 Å². The number of hydrogen-bond donors (Lipinski definition) is 0. The molecule has 198 valence electrons. The summed E-state index contributed by atoms with van der Waals surface area (Å²) in [5.74, 6) is 1.05. The lowest BCUT2D eigenvalue weighted by atomic mass is 10.00. The first-order chi connectivity index (χ1) is 18.2. The topological polar surface area (TPSA) is 34.4 Å². The Morgan fingerprint density at radius 1 is 0.892 bits per heavy atom. The molecule has 0 N–H and O–H groups in total. The van der Waals surface area contributed by atoms with Gasteiger partial charge in [-0.05, 0) is 87.1 Å². The van der Waals surface area contributed by atoms with Crippen molar-refractivity contribution >= 4 is 29.1 Å². The summed E-state index contributed by atoms with van der Waals surface area (Å²) in [6, 6.07) is 19.4. The molecular weight excluding hydrogens is 488 g/mol. The van der Waals surface area contributed by atoms with Crippen LogP contribution in [0.1, 0.15) is 49.7 Å². The van der Waals surface area contributed by atoms with E-state index in [9.17, 15) is 8.78 Å². The Balaban J connectivity index is 1.13. The first-order valence-electron chi connectivity index (χ1n) is 13.6. The Morgan fingerprint density at radius 2 is 1.62 bits per heavy atom. The van der Waals surface area contributed by atoms with E-state index in [4.69, 9.17) is 0 Å². The molecule has 0 aromatic heterocycles. The van der Waals surface area contributed by atoms with Crippen LogP contribution in [0.25, 0.3) is 0 Å². The van der Waals surface area contributed by atoms with Gasteiger partial charge in [-0.1, -0.05) is 48.9 Å². The minimum atomic E-state index is -2.54. The molecule has 5 rings (SSSR count). The fourth-order valence-electron chi connectivity index (χ4n) is 5.49. The SMILES string of the molecule is FC(F)C1=NN=C(c2ccc(CN(SCCN3CCC(N4CCCCC4)CC3)c3ccccc3)cc2)C1. The molecule has 0 saturated carbocycles. The number of halogens is 2. The number of alkyl halides is 2. The molecule has 0 amide bonds. The maximum atomic E-state index is 12.9. The molecular formula is C29H37F2N5S. The molecule has 0 bridgehead atoms. The minimum absolute atomic E-state index is 0.123. The van der Waals surface area contributed by atoms with Crippen molar-refractivity contribution in [2.75, 3.05) is 42.8 Å². The van der Waals surface area contributed by atoms with E-state index in [1.54, 1.807) is 0 Å². The highest BCUT2D eigenvalue weighted by atomic mass is 32.2. The number of rotatable bonds is 10. The molecule has 3 aliphatic heterocycles. The molecule has 3 aliphatic rings. The molecule has 0 spiro atoms. The lowest BCUT2D eigenvalue weighted by Gasteiger charge is -2.40. The van der Waals surface area contributed by atoms with Gasteiger partial charge in [0.15, 0.2) is 0 Å². The maximum Gasteiger partial charge on any atom is 0.278 e. The number of anilines is 1. The highest BCUT2D eigenvalue weighted by molar-refractivity contribution is 8.00. The van der Waals surface area contributed by atoms with E-state index in [0.29, 0.717) is 5.71 Å². The summed E-state index contributed by atoms with van der Waals surface area (Å²) in [7, 11) is 0. The maximum absolute atomic E-state index is 12.9. The van der Waals surface area contributed by atoms with E-state index in [-0.39, 0.29) is 12.1 Å². The van der Waals surface area contributed by atoms with Crippen molar-refractivity contribution in [2.24, 2.45) is 10.2 Å². The van der Waals surface area contributed by atoms with Crippen LogP contribution in [0.15, 0.2) is 64.8 Å². The predicted molar refractivity (Wildman–Crippen MR) is 151 cm³/mol. The number of piperidine rings is 2. The van der Waals surface area contributed by atoms with Crippen LogP contribution in [0, 0.1) is 0 Å². The first-order valence-corrected chi connectivity index (χ1v) is 14.5. The van der Waals surface area contributed by atoms with Gasteiger partial charge in [-0.15, -0.1) is 0 Å². The Kier molecular flexibility index (Phi) is 9.24. The van der Waals surface area contributed by atoms with E-state index >= 15 is 0 Å². The van der Waals surface area contributed by atoms with Crippen molar-refractivity contribution in [3.63, 3.8) is 0 Å². The van der Waals surface area contributed by atoms with E-state index in [0.717, 1.165) is 30.4 Å². The number of para-hydroxylation sites is 1. The van der Waals surface area contributed by atoms with Crippen LogP contribution >= 0.6 is 11.9 Å². The summed E-state index contributed by atoms with van der Waals surface area (Å²) >= 11 is 1.88. The van der Waals surface area contributed by atoms with Crippen molar-refractivity contribution in [3.8, 4) is 0 Å². The molecule has 2 saturated heterocycles. The van der Waals surface area contributed by atoms with Gasteiger partial charge in [-0.2, -0.15) is 10.2 Å². The molecule has 2 fully saturated rings. The van der Waals surface area contributed by atoms with Gasteiger partial charge < -0.3 is 14.1 Å². The Labute approximate surface area is 223 Å². The molecule has 0 radical (unpaired) electrons. The summed E-state index contributed by atoms with van der Waals surface area (Å²) in [5.41, 5.74) is 3.68. The van der Waals surface area contributed by atoms with Gasteiger partial charge in [0, 0.05) is 30.4 Å². The van der Waals surface area contributed by atoms with E-state index in [2.05, 4.69) is 60.7 Å². The summed E-state index contributed by atoms with van der Waals surface area (Å²) in [6.07, 6.45) is 4.33. The third-order valence-electron chi connectivity index (χ3n) is 7.68. The Bertz CT molecular complexity index is 1050.